The first-order valence-electron chi connectivity index (χ1n) is 18.2. The third-order valence-corrected chi connectivity index (χ3v) is 7.65. The molecule has 2 amide bonds. The number of amides is 2. The number of nitrogens with one attached hydrogen (secondary N) is 2. The van der Waals surface area contributed by atoms with Crippen molar-refractivity contribution in [2.24, 2.45) is 0 Å². The summed E-state index contributed by atoms with van der Waals surface area (Å²) in [5, 5.41) is 15.6. The van der Waals surface area contributed by atoms with Gasteiger partial charge in [-0.3, -0.25) is 4.79 Å². The van der Waals surface area contributed by atoms with Crippen LogP contribution in [0.1, 0.15) is 59.5 Å². The first-order chi connectivity index (χ1) is 28.2. The van der Waals surface area contributed by atoms with Gasteiger partial charge in [-0.15, -0.1) is 0 Å². The SMILES string of the molecule is COc1cc(/C=C/C(=O)/C=C(O)/C=C/c2ccc(OC(=O)c3ccc[n+](COC(=O)NC(C)C)c3)c(OC)c2)ccc1OC(=O)c1ccc[n+](COC(=O)NC(C)C)c1.[I-].[I-]. The van der Waals surface area contributed by atoms with Crippen LogP contribution >= 0.6 is 0 Å². The number of methoxy groups -OCH3 is 2. The average Bonchev–Trinajstić information content (AvgIpc) is 3.21. The van der Waals surface area contributed by atoms with Gasteiger partial charge in [0.1, 0.15) is 16.9 Å². The van der Waals surface area contributed by atoms with Gasteiger partial charge >= 0.3 is 24.1 Å². The van der Waals surface area contributed by atoms with Crippen LogP contribution in [0.15, 0.2) is 109 Å². The summed E-state index contributed by atoms with van der Waals surface area (Å²) in [5.74, 6) is -1.46. The van der Waals surface area contributed by atoms with Gasteiger partial charge in [-0.1, -0.05) is 24.3 Å². The van der Waals surface area contributed by atoms with Gasteiger partial charge in [0.25, 0.3) is 13.5 Å². The zero-order chi connectivity index (χ0) is 42.9. The Labute approximate surface area is 387 Å². The number of pyridine rings is 2. The molecule has 4 aromatic rings. The van der Waals surface area contributed by atoms with Crippen LogP contribution in [0.5, 0.6) is 23.0 Å². The quantitative estimate of drug-likeness (QED) is 0.0237. The number of benzene rings is 2. The number of ketones is 1. The van der Waals surface area contributed by atoms with E-state index in [0.29, 0.717) is 11.1 Å². The smallest absolute Gasteiger partial charge is 0.412 e. The molecule has 0 atom stereocenters. The van der Waals surface area contributed by atoms with Gasteiger partial charge < -0.3 is 92.1 Å². The maximum atomic E-state index is 12.9. The molecule has 0 radical (unpaired) electrons. The molecule has 0 saturated carbocycles. The summed E-state index contributed by atoms with van der Waals surface area (Å²) in [6, 6.07) is 15.6. The monoisotopic (exact) mass is 1060 g/mol. The van der Waals surface area contributed by atoms with Crippen LogP contribution in [0.4, 0.5) is 9.59 Å². The van der Waals surface area contributed by atoms with Crippen molar-refractivity contribution in [1.82, 2.24) is 10.6 Å². The summed E-state index contributed by atoms with van der Waals surface area (Å²) in [5.41, 5.74) is 1.52. The number of aromatic nitrogens is 2. The minimum atomic E-state index is -0.677. The molecule has 0 saturated heterocycles. The minimum absolute atomic E-state index is 0. The highest BCUT2D eigenvalue weighted by atomic mass is 127. The van der Waals surface area contributed by atoms with Gasteiger partial charge in [0.05, 0.1) is 14.2 Å². The average molecular weight is 1060 g/mol. The molecule has 0 spiro atoms. The van der Waals surface area contributed by atoms with Crippen molar-refractivity contribution in [3.8, 4) is 23.0 Å². The van der Waals surface area contributed by atoms with Crippen molar-refractivity contribution in [3.63, 3.8) is 0 Å². The summed E-state index contributed by atoms with van der Waals surface area (Å²) in [6.45, 7) is 6.99. The Morgan fingerprint density at radius 3 is 1.48 bits per heavy atom. The van der Waals surface area contributed by atoms with Gasteiger partial charge in [0.2, 0.25) is 0 Å². The third-order valence-electron chi connectivity index (χ3n) is 7.65. The molecule has 4 rings (SSSR count). The molecule has 0 unspecified atom stereocenters. The lowest BCUT2D eigenvalue weighted by Crippen LogP contribution is -3.00. The lowest BCUT2D eigenvalue weighted by molar-refractivity contribution is -0.727. The number of carbonyl (C=O) groups excluding carboxylic acids is 5. The number of hydrogen-bond donors (Lipinski definition) is 3. The Morgan fingerprint density at radius 2 is 1.07 bits per heavy atom. The molecule has 2 heterocycles. The zero-order valence-corrected chi connectivity index (χ0v) is 38.4. The normalized spacial score (nSPS) is 11.0. The Morgan fingerprint density at radius 1 is 0.639 bits per heavy atom. The number of halogens is 2. The lowest BCUT2D eigenvalue weighted by atomic mass is 10.1. The summed E-state index contributed by atoms with van der Waals surface area (Å²) in [4.78, 5) is 62.1. The summed E-state index contributed by atoms with van der Waals surface area (Å²) >= 11 is 0. The summed E-state index contributed by atoms with van der Waals surface area (Å²) < 4.78 is 35.2. The van der Waals surface area contributed by atoms with Crippen molar-refractivity contribution in [2.45, 2.75) is 53.2 Å². The number of nitrogens with zero attached hydrogens (tertiary/aromatic N) is 2. The fraction of sp³-hybridized carbons (Fsp3) is 0.233. The molecule has 0 aliphatic rings. The van der Waals surface area contributed by atoms with Crippen LogP contribution in [0.3, 0.4) is 0 Å². The first kappa shape index (κ1) is 51.1. The van der Waals surface area contributed by atoms with Crippen LogP contribution in [0, 0.1) is 0 Å². The number of esters is 2. The molecular weight excluding hydrogens is 1020 g/mol. The fourth-order valence-corrected chi connectivity index (χ4v) is 4.93. The highest BCUT2D eigenvalue weighted by molar-refractivity contribution is 6.02. The van der Waals surface area contributed by atoms with E-state index in [4.69, 9.17) is 28.4 Å². The Hall–Kier alpha value is -6.03. The molecule has 2 aromatic carbocycles. The predicted molar refractivity (Wildman–Crippen MR) is 212 cm³/mol. The number of aliphatic hydroxyl groups excluding tert-OH is 1. The van der Waals surface area contributed by atoms with E-state index < -0.39 is 29.9 Å². The number of allylic oxidation sites excluding steroid dienone is 3. The second kappa shape index (κ2) is 25.6. The van der Waals surface area contributed by atoms with E-state index in [1.54, 1.807) is 88.6 Å². The van der Waals surface area contributed by atoms with E-state index in [1.807, 2.05) is 0 Å². The molecule has 0 aliphatic heterocycles. The second-order valence-electron chi connectivity index (χ2n) is 13.2. The molecule has 0 bridgehead atoms. The van der Waals surface area contributed by atoms with E-state index in [9.17, 15) is 29.1 Å². The van der Waals surface area contributed by atoms with Gasteiger partial charge in [-0.05, 0) is 87.4 Å². The number of carbonyl (C=O) groups is 5. The standard InChI is InChI=1S/C43H44N4O12.2HI/c1-28(2)44-42(52)56-26-46-19-7-9-32(24-46)40(50)58-36-17-13-30(21-38(36)54-5)11-15-34(48)23-35(49)16-12-31-14-18-37(39(22-31)55-6)59-41(51)33-10-8-20-47(25-33)27-57-43(53)45-29(3)4;;/h7-25,28-29H,26-27H2,1-6H3,(H-2,44,45,48,49,52,53);2*1H/b15-11+,16-12+;;. The molecule has 2 aromatic heterocycles. The number of aliphatic hydroxyl groups is 1. The Bertz CT molecular complexity index is 2260. The number of ether oxygens (including phenoxy) is 6. The predicted octanol–water partition coefficient (Wildman–Crippen LogP) is -0.353. The molecular formula is C43H46I2N4O12. The topological polar surface area (TPSA) is 193 Å². The largest absolute Gasteiger partial charge is 1.00 e. The van der Waals surface area contributed by atoms with E-state index in [1.165, 1.54) is 72.2 Å². The molecule has 324 valence electrons. The van der Waals surface area contributed by atoms with Crippen LogP contribution < -0.4 is 86.7 Å². The van der Waals surface area contributed by atoms with Crippen molar-refractivity contribution < 1.29 is 115 Å². The maximum absolute atomic E-state index is 12.9. The van der Waals surface area contributed by atoms with Gasteiger partial charge in [-0.2, -0.15) is 9.13 Å². The number of alkyl carbamates (subject to hydrolysis) is 2. The van der Waals surface area contributed by atoms with Gasteiger partial charge in [0.15, 0.2) is 53.6 Å². The second-order valence-corrected chi connectivity index (χ2v) is 13.2. The molecule has 16 nitrogen and oxygen atoms in total. The van der Waals surface area contributed by atoms with E-state index in [2.05, 4.69) is 10.6 Å². The van der Waals surface area contributed by atoms with Crippen LogP contribution in [-0.2, 0) is 27.7 Å². The van der Waals surface area contributed by atoms with Crippen molar-refractivity contribution in [3.05, 3.63) is 132 Å². The first-order valence-corrected chi connectivity index (χ1v) is 18.2. The molecule has 3 N–H and O–H groups in total. The highest BCUT2D eigenvalue weighted by Crippen LogP contribution is 2.30. The number of hydrogen-bond acceptors (Lipinski definition) is 12. The lowest BCUT2D eigenvalue weighted by Gasteiger charge is -2.10. The fourth-order valence-electron chi connectivity index (χ4n) is 4.93. The minimum Gasteiger partial charge on any atom is -1.00 e. The Kier molecular flexibility index (Phi) is 21.4. The van der Waals surface area contributed by atoms with Crippen molar-refractivity contribution in [1.29, 1.82) is 0 Å². The maximum Gasteiger partial charge on any atom is 0.412 e. The third kappa shape index (κ3) is 17.2. The van der Waals surface area contributed by atoms with Crippen LogP contribution in [-0.4, -0.2) is 61.3 Å². The summed E-state index contributed by atoms with van der Waals surface area (Å²) in [7, 11) is 2.81. The van der Waals surface area contributed by atoms with E-state index in [0.717, 1.165) is 6.08 Å². The molecule has 61 heavy (non-hydrogen) atoms. The Balaban J connectivity index is 0.00000641. The number of rotatable bonds is 17. The zero-order valence-electron chi connectivity index (χ0n) is 34.1. The van der Waals surface area contributed by atoms with Gasteiger partial charge in [0, 0.05) is 30.3 Å². The molecule has 18 heteroatoms. The van der Waals surface area contributed by atoms with Crippen LogP contribution in [0.25, 0.3) is 12.2 Å². The highest BCUT2D eigenvalue weighted by Gasteiger charge is 2.19. The molecule has 0 aliphatic carbocycles. The van der Waals surface area contributed by atoms with E-state index in [-0.39, 0.29) is 113 Å². The van der Waals surface area contributed by atoms with E-state index >= 15 is 0 Å². The van der Waals surface area contributed by atoms with Crippen molar-refractivity contribution >= 4 is 42.1 Å². The van der Waals surface area contributed by atoms with Gasteiger partial charge in [-0.25, -0.2) is 19.2 Å². The summed E-state index contributed by atoms with van der Waals surface area (Å²) in [6.07, 6.45) is 11.7. The molecule has 0 fully saturated rings. The van der Waals surface area contributed by atoms with Crippen LogP contribution in [0.2, 0.25) is 0 Å². The van der Waals surface area contributed by atoms with Crippen molar-refractivity contribution in [2.75, 3.05) is 14.2 Å².